The molecule has 1 aromatic carbocycles. The van der Waals surface area contributed by atoms with E-state index in [0.717, 1.165) is 4.31 Å². The van der Waals surface area contributed by atoms with E-state index in [4.69, 9.17) is 10.00 Å². The van der Waals surface area contributed by atoms with Crippen molar-refractivity contribution < 1.29 is 27.9 Å². The smallest absolute Gasteiger partial charge is 0.410 e. The molecule has 10 heteroatoms. The average molecular weight is 409 g/mol. The van der Waals surface area contributed by atoms with Crippen molar-refractivity contribution in [3.63, 3.8) is 0 Å². The molecular formula is C18H23N3O6S. The normalized spacial score (nSPS) is 18.4. The Labute approximate surface area is 164 Å². The number of carbonyl (C=O) groups excluding carboxylic acids is 1. The lowest BCUT2D eigenvalue weighted by atomic mass is 10.1. The molecule has 0 saturated carbocycles. The molecule has 1 unspecified atom stereocenters. The van der Waals surface area contributed by atoms with Crippen LogP contribution in [0.2, 0.25) is 0 Å². The maximum absolute atomic E-state index is 12.9. The Morgan fingerprint density at radius 2 is 1.93 bits per heavy atom. The summed E-state index contributed by atoms with van der Waals surface area (Å²) in [5.74, 6) is -1.85. The van der Waals surface area contributed by atoms with E-state index in [1.165, 1.54) is 17.0 Å². The number of benzene rings is 1. The van der Waals surface area contributed by atoms with Crippen LogP contribution < -0.4 is 0 Å². The molecule has 1 atom stereocenters. The number of nitriles is 1. The van der Waals surface area contributed by atoms with Crippen molar-refractivity contribution in [3.8, 4) is 6.07 Å². The van der Waals surface area contributed by atoms with Crippen LogP contribution in [0, 0.1) is 11.3 Å². The highest BCUT2D eigenvalue weighted by molar-refractivity contribution is 7.88. The number of piperazine rings is 1. The minimum absolute atomic E-state index is 0.0117. The van der Waals surface area contributed by atoms with Gasteiger partial charge in [-0.25, -0.2) is 13.2 Å². The van der Waals surface area contributed by atoms with E-state index in [2.05, 4.69) is 0 Å². The lowest BCUT2D eigenvalue weighted by molar-refractivity contribution is -0.143. The number of ether oxygens (including phenoxy) is 1. The largest absolute Gasteiger partial charge is 0.480 e. The quantitative estimate of drug-likeness (QED) is 0.796. The van der Waals surface area contributed by atoms with Gasteiger partial charge in [0, 0.05) is 13.1 Å². The first kappa shape index (κ1) is 21.7. The third kappa shape index (κ3) is 5.21. The molecule has 1 aromatic rings. The van der Waals surface area contributed by atoms with E-state index in [0.29, 0.717) is 5.56 Å². The number of hydrogen-bond acceptors (Lipinski definition) is 6. The van der Waals surface area contributed by atoms with Crippen molar-refractivity contribution in [2.45, 2.75) is 38.2 Å². The summed E-state index contributed by atoms with van der Waals surface area (Å²) < 4.78 is 31.8. The Kier molecular flexibility index (Phi) is 6.31. The SMILES string of the molecule is CC(C)(C)OC(=O)N1CCN(S(=O)(=O)Cc2ccccc2C#N)C(C(=O)O)C1. The molecule has 1 amide bonds. The molecule has 1 aliphatic heterocycles. The Morgan fingerprint density at radius 3 is 2.50 bits per heavy atom. The first-order chi connectivity index (χ1) is 12.9. The van der Waals surface area contributed by atoms with Gasteiger partial charge >= 0.3 is 12.1 Å². The van der Waals surface area contributed by atoms with Crippen LogP contribution in [-0.4, -0.2) is 66.1 Å². The van der Waals surface area contributed by atoms with Crippen LogP contribution in [0.15, 0.2) is 24.3 Å². The summed E-state index contributed by atoms with van der Waals surface area (Å²) in [6, 6.07) is 6.75. The number of carboxylic acids is 1. The molecule has 152 valence electrons. The second-order valence-electron chi connectivity index (χ2n) is 7.42. The Bertz CT molecular complexity index is 901. The van der Waals surface area contributed by atoms with Crippen molar-refractivity contribution in [1.29, 1.82) is 5.26 Å². The van der Waals surface area contributed by atoms with Gasteiger partial charge in [-0.2, -0.15) is 9.57 Å². The topological polar surface area (TPSA) is 128 Å². The van der Waals surface area contributed by atoms with Crippen molar-refractivity contribution in [2.75, 3.05) is 19.6 Å². The van der Waals surface area contributed by atoms with Crippen LogP contribution in [0.25, 0.3) is 0 Å². The fourth-order valence-electron chi connectivity index (χ4n) is 2.83. The maximum Gasteiger partial charge on any atom is 0.410 e. The summed E-state index contributed by atoms with van der Waals surface area (Å²) >= 11 is 0. The van der Waals surface area contributed by atoms with E-state index >= 15 is 0 Å². The van der Waals surface area contributed by atoms with E-state index < -0.39 is 39.5 Å². The number of sulfonamides is 1. The van der Waals surface area contributed by atoms with Gasteiger partial charge in [0.15, 0.2) is 0 Å². The summed E-state index contributed by atoms with van der Waals surface area (Å²) in [6.07, 6.45) is -0.689. The van der Waals surface area contributed by atoms with E-state index in [1.807, 2.05) is 6.07 Å². The van der Waals surface area contributed by atoms with Gasteiger partial charge in [-0.05, 0) is 32.4 Å². The third-order valence-corrected chi connectivity index (χ3v) is 5.93. The lowest BCUT2D eigenvalue weighted by Gasteiger charge is -2.38. The third-order valence-electron chi connectivity index (χ3n) is 4.10. The first-order valence-electron chi connectivity index (χ1n) is 8.63. The highest BCUT2D eigenvalue weighted by Gasteiger charge is 2.41. The first-order valence-corrected chi connectivity index (χ1v) is 10.2. The van der Waals surface area contributed by atoms with Gasteiger partial charge in [-0.3, -0.25) is 4.79 Å². The van der Waals surface area contributed by atoms with E-state index in [1.54, 1.807) is 32.9 Å². The molecule has 28 heavy (non-hydrogen) atoms. The van der Waals surface area contributed by atoms with Gasteiger partial charge in [-0.1, -0.05) is 18.2 Å². The zero-order valence-corrected chi connectivity index (χ0v) is 16.8. The average Bonchev–Trinajstić information content (AvgIpc) is 2.59. The Hall–Kier alpha value is -2.64. The number of hydrogen-bond donors (Lipinski definition) is 1. The van der Waals surface area contributed by atoms with Crippen molar-refractivity contribution in [1.82, 2.24) is 9.21 Å². The minimum atomic E-state index is -4.02. The summed E-state index contributed by atoms with van der Waals surface area (Å²) in [4.78, 5) is 25.1. The standard InChI is InChI=1S/C18H23N3O6S/c1-18(2,3)27-17(24)20-8-9-21(15(11-20)16(22)23)28(25,26)12-14-7-5-4-6-13(14)10-19/h4-7,15H,8-9,11-12H2,1-3H3,(H,22,23). The summed E-state index contributed by atoms with van der Waals surface area (Å²) in [6.45, 7) is 4.58. The molecule has 1 aliphatic rings. The number of rotatable bonds is 4. The molecule has 2 rings (SSSR count). The fraction of sp³-hybridized carbons (Fsp3) is 0.500. The van der Waals surface area contributed by atoms with Crippen molar-refractivity contribution >= 4 is 22.1 Å². The van der Waals surface area contributed by atoms with Gasteiger partial charge in [0.1, 0.15) is 11.6 Å². The lowest BCUT2D eigenvalue weighted by Crippen LogP contribution is -2.59. The van der Waals surface area contributed by atoms with Gasteiger partial charge in [0.05, 0.1) is 23.9 Å². The van der Waals surface area contributed by atoms with Crippen LogP contribution in [0.3, 0.4) is 0 Å². The van der Waals surface area contributed by atoms with Gasteiger partial charge in [-0.15, -0.1) is 0 Å². The maximum atomic E-state index is 12.9. The van der Waals surface area contributed by atoms with Crippen LogP contribution in [0.5, 0.6) is 0 Å². The van der Waals surface area contributed by atoms with Crippen LogP contribution in [0.1, 0.15) is 31.9 Å². The molecular weight excluding hydrogens is 386 g/mol. The number of carboxylic acid groups (broad SMARTS) is 1. The van der Waals surface area contributed by atoms with Crippen LogP contribution in [0.4, 0.5) is 4.79 Å². The highest BCUT2D eigenvalue weighted by atomic mass is 32.2. The molecule has 1 heterocycles. The molecule has 0 aliphatic carbocycles. The molecule has 0 spiro atoms. The summed E-state index contributed by atoms with van der Waals surface area (Å²) in [5.41, 5.74) is -0.242. The number of carbonyl (C=O) groups is 2. The Morgan fingerprint density at radius 1 is 1.29 bits per heavy atom. The monoisotopic (exact) mass is 409 g/mol. The van der Waals surface area contributed by atoms with Crippen LogP contribution >= 0.6 is 0 Å². The van der Waals surface area contributed by atoms with E-state index in [9.17, 15) is 23.1 Å². The second kappa shape index (κ2) is 8.16. The molecule has 1 saturated heterocycles. The zero-order valence-electron chi connectivity index (χ0n) is 16.0. The Balaban J connectivity index is 2.22. The van der Waals surface area contributed by atoms with Crippen LogP contribution in [-0.2, 0) is 25.3 Å². The number of aliphatic carboxylic acids is 1. The minimum Gasteiger partial charge on any atom is -0.480 e. The zero-order chi connectivity index (χ0) is 21.1. The van der Waals surface area contributed by atoms with Crippen molar-refractivity contribution in [3.05, 3.63) is 35.4 Å². The molecule has 1 fully saturated rings. The van der Waals surface area contributed by atoms with Crippen molar-refractivity contribution in [2.24, 2.45) is 0 Å². The summed E-state index contributed by atoms with van der Waals surface area (Å²) in [7, 11) is -4.02. The molecule has 9 nitrogen and oxygen atoms in total. The van der Waals surface area contributed by atoms with E-state index in [-0.39, 0.29) is 25.2 Å². The molecule has 0 radical (unpaired) electrons. The van der Waals surface area contributed by atoms with Gasteiger partial charge < -0.3 is 14.7 Å². The predicted molar refractivity (Wildman–Crippen MR) is 99.7 cm³/mol. The second-order valence-corrected chi connectivity index (χ2v) is 9.34. The molecule has 1 N–H and O–H groups in total. The highest BCUT2D eigenvalue weighted by Crippen LogP contribution is 2.21. The van der Waals surface area contributed by atoms with Gasteiger partial charge in [0.2, 0.25) is 10.0 Å². The molecule has 0 bridgehead atoms. The predicted octanol–water partition coefficient (Wildman–Crippen LogP) is 1.39. The summed E-state index contributed by atoms with van der Waals surface area (Å²) in [5, 5.41) is 18.7. The number of amides is 1. The van der Waals surface area contributed by atoms with Gasteiger partial charge in [0.25, 0.3) is 0 Å². The number of nitrogens with zero attached hydrogens (tertiary/aromatic N) is 3. The molecule has 0 aromatic heterocycles. The fourth-order valence-corrected chi connectivity index (χ4v) is 4.54.